The van der Waals surface area contributed by atoms with Crippen LogP contribution in [0.15, 0.2) is 42.5 Å². The lowest BCUT2D eigenvalue weighted by Gasteiger charge is -2.48. The SMILES string of the molecule is CCC(=O)CCCN(C)C(=O)c1ccccc1C1=c2cc3c4c(c2C(C)(C)c2cc5c(cc21)C(C)CC(C)(C)N5CC)CCC[N+]=4CCC3. The Kier molecular flexibility index (Phi) is 8.64. The molecular formula is C44H56N3O2+. The number of Topliss-reactive ketones (excluding diaryl/α,β-unsaturated/α-hetero) is 1. The second-order valence-corrected chi connectivity index (χ2v) is 16.4. The molecular weight excluding hydrogens is 603 g/mol. The van der Waals surface area contributed by atoms with E-state index in [0.717, 1.165) is 50.0 Å². The lowest BCUT2D eigenvalue weighted by molar-refractivity contribution is -0.118. The van der Waals surface area contributed by atoms with Gasteiger partial charge in [-0.05, 0) is 115 Å². The highest BCUT2D eigenvalue weighted by molar-refractivity contribution is 6.02. The zero-order valence-electron chi connectivity index (χ0n) is 31.3. The van der Waals surface area contributed by atoms with Crippen LogP contribution >= 0.6 is 0 Å². The van der Waals surface area contributed by atoms with Crippen molar-refractivity contribution < 1.29 is 9.59 Å². The van der Waals surface area contributed by atoms with Crippen molar-refractivity contribution in [2.45, 2.75) is 117 Å². The molecule has 1 atom stereocenters. The summed E-state index contributed by atoms with van der Waals surface area (Å²) in [5.41, 5.74) is 12.8. The zero-order valence-corrected chi connectivity index (χ0v) is 31.3. The Morgan fingerprint density at radius 3 is 2.45 bits per heavy atom. The molecule has 0 aromatic heterocycles. The van der Waals surface area contributed by atoms with Crippen LogP contribution in [0.5, 0.6) is 0 Å². The topological polar surface area (TPSA) is 43.6 Å². The van der Waals surface area contributed by atoms with Crippen LogP contribution in [0.2, 0.25) is 0 Å². The monoisotopic (exact) mass is 658 g/mol. The molecule has 49 heavy (non-hydrogen) atoms. The Bertz CT molecular complexity index is 1980. The quantitative estimate of drug-likeness (QED) is 0.248. The van der Waals surface area contributed by atoms with Crippen molar-refractivity contribution in [1.29, 1.82) is 0 Å². The Morgan fingerprint density at radius 2 is 1.71 bits per heavy atom. The van der Waals surface area contributed by atoms with E-state index in [1.54, 1.807) is 0 Å². The van der Waals surface area contributed by atoms with E-state index in [4.69, 9.17) is 0 Å². The zero-order chi connectivity index (χ0) is 34.8. The van der Waals surface area contributed by atoms with Crippen LogP contribution < -0.4 is 20.1 Å². The summed E-state index contributed by atoms with van der Waals surface area (Å²) in [5, 5.41) is 2.82. The molecule has 0 radical (unpaired) electrons. The Balaban J connectivity index is 1.53. The largest absolute Gasteiger partial charge is 0.366 e. The number of aryl methyl sites for hydroxylation is 1. The maximum absolute atomic E-state index is 14.4. The summed E-state index contributed by atoms with van der Waals surface area (Å²) in [4.78, 5) is 30.9. The number of carbonyl (C=O) groups excluding carboxylic acids is 2. The van der Waals surface area contributed by atoms with E-state index in [0.29, 0.717) is 31.7 Å². The molecule has 3 heterocycles. The lowest BCUT2D eigenvalue weighted by Crippen LogP contribution is -2.50. The molecule has 5 heteroatoms. The van der Waals surface area contributed by atoms with Gasteiger partial charge in [0.1, 0.15) is 18.9 Å². The molecule has 258 valence electrons. The first kappa shape index (κ1) is 33.8. The van der Waals surface area contributed by atoms with Crippen LogP contribution in [0.4, 0.5) is 5.69 Å². The van der Waals surface area contributed by atoms with Gasteiger partial charge in [-0.25, -0.2) is 4.58 Å². The fourth-order valence-electron chi connectivity index (χ4n) is 10.1. The molecule has 0 saturated carbocycles. The van der Waals surface area contributed by atoms with E-state index in [-0.39, 0.29) is 22.6 Å². The summed E-state index contributed by atoms with van der Waals surface area (Å²) in [6.45, 7) is 20.1. The molecule has 0 saturated heterocycles. The molecule has 0 fully saturated rings. The van der Waals surface area contributed by atoms with Crippen molar-refractivity contribution in [3.8, 4) is 0 Å². The van der Waals surface area contributed by atoms with E-state index in [1.165, 1.54) is 68.1 Å². The van der Waals surface area contributed by atoms with E-state index >= 15 is 0 Å². The van der Waals surface area contributed by atoms with Crippen molar-refractivity contribution in [1.82, 2.24) is 9.48 Å². The van der Waals surface area contributed by atoms with Crippen LogP contribution in [0, 0.1) is 0 Å². The Hall–Kier alpha value is -3.73. The number of hydrogen-bond acceptors (Lipinski definition) is 3. The fraction of sp³-hybridized carbons (Fsp3) is 0.523. The minimum absolute atomic E-state index is 0.0238. The number of anilines is 1. The van der Waals surface area contributed by atoms with Crippen molar-refractivity contribution in [2.75, 3.05) is 38.1 Å². The number of carbonyl (C=O) groups is 2. The molecule has 1 aliphatic carbocycles. The second kappa shape index (κ2) is 12.5. The van der Waals surface area contributed by atoms with E-state index in [9.17, 15) is 9.59 Å². The van der Waals surface area contributed by atoms with Crippen LogP contribution in [-0.4, -0.2) is 55.4 Å². The fourth-order valence-corrected chi connectivity index (χ4v) is 10.1. The van der Waals surface area contributed by atoms with Gasteiger partial charge in [0, 0.05) is 79.2 Å². The van der Waals surface area contributed by atoms with Gasteiger partial charge in [-0.1, -0.05) is 45.9 Å². The molecule has 4 aliphatic rings. The smallest absolute Gasteiger partial charge is 0.254 e. The van der Waals surface area contributed by atoms with Gasteiger partial charge in [-0.15, -0.1) is 0 Å². The maximum Gasteiger partial charge on any atom is 0.254 e. The van der Waals surface area contributed by atoms with Gasteiger partial charge in [0.05, 0.1) is 0 Å². The molecule has 3 aromatic rings. The van der Waals surface area contributed by atoms with Gasteiger partial charge in [0.15, 0.2) is 0 Å². The highest BCUT2D eigenvalue weighted by Crippen LogP contribution is 2.50. The van der Waals surface area contributed by atoms with E-state index < -0.39 is 0 Å². The average Bonchev–Trinajstić information content (AvgIpc) is 3.07. The van der Waals surface area contributed by atoms with E-state index in [1.807, 2.05) is 31.0 Å². The number of fused-ring (bicyclic) bond motifs is 4. The normalized spacial score (nSPS) is 19.8. The molecule has 0 bridgehead atoms. The van der Waals surface area contributed by atoms with Crippen molar-refractivity contribution >= 4 is 23.0 Å². The third kappa shape index (κ3) is 5.47. The van der Waals surface area contributed by atoms with Crippen LogP contribution in [-0.2, 0) is 23.1 Å². The highest BCUT2D eigenvalue weighted by atomic mass is 16.2. The van der Waals surface area contributed by atoms with E-state index in [2.05, 4.69) is 81.3 Å². The number of nitrogens with zero attached hydrogens (tertiary/aromatic N) is 3. The number of amides is 1. The molecule has 7 rings (SSSR count). The predicted octanol–water partition coefficient (Wildman–Crippen LogP) is 6.90. The molecule has 3 aliphatic heterocycles. The minimum atomic E-state index is -0.209. The Morgan fingerprint density at radius 1 is 0.980 bits per heavy atom. The van der Waals surface area contributed by atoms with Crippen molar-refractivity contribution in [3.63, 3.8) is 0 Å². The summed E-state index contributed by atoms with van der Waals surface area (Å²) in [6.07, 6.45) is 7.44. The van der Waals surface area contributed by atoms with Gasteiger partial charge in [0.2, 0.25) is 5.36 Å². The summed E-state index contributed by atoms with van der Waals surface area (Å²) in [5.74, 6) is 0.704. The second-order valence-electron chi connectivity index (χ2n) is 16.4. The van der Waals surface area contributed by atoms with Gasteiger partial charge < -0.3 is 9.80 Å². The minimum Gasteiger partial charge on any atom is -0.366 e. The lowest BCUT2D eigenvalue weighted by atomic mass is 9.64. The predicted molar refractivity (Wildman–Crippen MR) is 202 cm³/mol. The average molecular weight is 659 g/mol. The first-order valence-corrected chi connectivity index (χ1v) is 19.0. The first-order valence-electron chi connectivity index (χ1n) is 19.0. The standard InChI is InChI=1S/C44H56N3O2/c1-9-30(48)17-14-21-45(8)42(49)32-19-12-11-18-31(32)39-35-25-34-28(3)27-43(4,5)47(10-2)38(34)26-37(35)44(6,7)40-33-20-15-23-46-22-13-16-29(41(33)46)24-36(39)40/h11-12,18-19,24-26,28H,9-10,13-17,20-23,27H2,1-8H3/q+1. The number of hydrogen-bond donors (Lipinski definition) is 0. The van der Waals surface area contributed by atoms with Crippen LogP contribution in [0.3, 0.4) is 0 Å². The van der Waals surface area contributed by atoms with Crippen LogP contribution in [0.1, 0.15) is 142 Å². The molecule has 0 spiro atoms. The maximum atomic E-state index is 14.4. The number of benzene rings is 3. The number of rotatable bonds is 8. The third-order valence-corrected chi connectivity index (χ3v) is 12.3. The summed E-state index contributed by atoms with van der Waals surface area (Å²) >= 11 is 0. The molecule has 3 aromatic carbocycles. The van der Waals surface area contributed by atoms with Crippen LogP contribution in [0.25, 0.3) is 5.57 Å². The summed E-state index contributed by atoms with van der Waals surface area (Å²) in [7, 11) is 1.89. The number of ketones is 1. The van der Waals surface area contributed by atoms with Gasteiger partial charge in [-0.2, -0.15) is 0 Å². The summed E-state index contributed by atoms with van der Waals surface area (Å²) < 4.78 is 2.66. The summed E-state index contributed by atoms with van der Waals surface area (Å²) in [6, 6.07) is 15.9. The van der Waals surface area contributed by atoms with Gasteiger partial charge >= 0.3 is 0 Å². The Labute approximate surface area is 293 Å². The van der Waals surface area contributed by atoms with Crippen molar-refractivity contribution in [3.05, 3.63) is 97.5 Å². The molecule has 5 nitrogen and oxygen atoms in total. The third-order valence-electron chi connectivity index (χ3n) is 12.3. The van der Waals surface area contributed by atoms with Crippen molar-refractivity contribution in [2.24, 2.45) is 0 Å². The molecule has 1 amide bonds. The first-order chi connectivity index (χ1) is 23.4. The highest BCUT2D eigenvalue weighted by Gasteiger charge is 2.43. The molecule has 0 N–H and O–H groups in total. The van der Waals surface area contributed by atoms with Gasteiger partial charge in [-0.3, -0.25) is 9.59 Å². The van der Waals surface area contributed by atoms with Gasteiger partial charge in [0.25, 0.3) is 5.91 Å². The molecule has 1 unspecified atom stereocenters.